The van der Waals surface area contributed by atoms with Gasteiger partial charge in [0, 0.05) is 24.9 Å². The van der Waals surface area contributed by atoms with Gasteiger partial charge in [-0.25, -0.2) is 9.50 Å². The molecule has 0 aliphatic heterocycles. The number of para-hydroxylation sites is 1. The van der Waals surface area contributed by atoms with Gasteiger partial charge < -0.3 is 9.64 Å². The molecule has 136 valence electrons. The molecule has 0 unspecified atom stereocenters. The van der Waals surface area contributed by atoms with E-state index in [4.69, 9.17) is 4.74 Å². The number of fused-ring (bicyclic) bond motifs is 1. The lowest BCUT2D eigenvalue weighted by Crippen LogP contribution is -2.31. The summed E-state index contributed by atoms with van der Waals surface area (Å²) in [4.78, 5) is 22.7. The van der Waals surface area contributed by atoms with E-state index in [-0.39, 0.29) is 5.91 Å². The number of nitrogens with zero attached hydrogens (tertiary/aromatic N) is 5. The van der Waals surface area contributed by atoms with Crippen LogP contribution in [0.15, 0.2) is 36.7 Å². The van der Waals surface area contributed by atoms with E-state index in [1.54, 1.807) is 16.5 Å². The molecule has 0 radical (unpaired) electrons. The molecule has 7 heteroatoms. The summed E-state index contributed by atoms with van der Waals surface area (Å²) >= 11 is 0. The molecule has 26 heavy (non-hydrogen) atoms. The third kappa shape index (κ3) is 3.99. The minimum absolute atomic E-state index is 0.0825. The lowest BCUT2D eigenvalue weighted by atomic mass is 10.1. The van der Waals surface area contributed by atoms with Gasteiger partial charge in [-0.15, -0.1) is 0 Å². The molecule has 3 aromatic rings. The summed E-state index contributed by atoms with van der Waals surface area (Å²) in [7, 11) is 1.80. The summed E-state index contributed by atoms with van der Waals surface area (Å²) in [5.41, 5.74) is 2.92. The second kappa shape index (κ2) is 7.95. The van der Waals surface area contributed by atoms with Gasteiger partial charge in [-0.3, -0.25) is 4.79 Å². The van der Waals surface area contributed by atoms with E-state index in [1.807, 2.05) is 44.2 Å². The lowest BCUT2D eigenvalue weighted by molar-refractivity contribution is -0.130. The largest absolute Gasteiger partial charge is 0.492 e. The molecule has 7 nitrogen and oxygen atoms in total. The zero-order chi connectivity index (χ0) is 18.5. The van der Waals surface area contributed by atoms with Crippen LogP contribution in [0.1, 0.15) is 23.4 Å². The molecule has 0 N–H and O–H groups in total. The first-order valence-electron chi connectivity index (χ1n) is 8.64. The Kier molecular flexibility index (Phi) is 5.46. The Bertz CT molecular complexity index is 892. The average Bonchev–Trinajstić information content (AvgIpc) is 3.10. The summed E-state index contributed by atoms with van der Waals surface area (Å²) < 4.78 is 7.36. The number of hydrogen-bond donors (Lipinski definition) is 0. The highest BCUT2D eigenvalue weighted by Gasteiger charge is 2.14. The van der Waals surface area contributed by atoms with Crippen molar-refractivity contribution in [1.29, 1.82) is 0 Å². The number of aromatic nitrogens is 4. The Balaban J connectivity index is 1.53. The molecular weight excluding hydrogens is 330 g/mol. The molecule has 0 saturated carbocycles. The first-order valence-corrected chi connectivity index (χ1v) is 8.64. The van der Waals surface area contributed by atoms with Crippen molar-refractivity contribution >= 4 is 11.7 Å². The molecule has 2 heterocycles. The fourth-order valence-electron chi connectivity index (χ4n) is 2.88. The Labute approximate surface area is 152 Å². The minimum Gasteiger partial charge on any atom is -0.492 e. The van der Waals surface area contributed by atoms with Crippen LogP contribution in [-0.4, -0.2) is 50.6 Å². The quantitative estimate of drug-likeness (QED) is 0.651. The summed E-state index contributed by atoms with van der Waals surface area (Å²) in [5, 5.41) is 4.18. The number of hydrogen-bond acceptors (Lipinski definition) is 5. The van der Waals surface area contributed by atoms with Crippen molar-refractivity contribution < 1.29 is 9.53 Å². The SMILES string of the molecule is Cc1nc2ncnn2c(C)c1CCC(=O)N(C)CCOc1ccccc1. The second-order valence-corrected chi connectivity index (χ2v) is 6.21. The molecule has 0 fully saturated rings. The highest BCUT2D eigenvalue weighted by Crippen LogP contribution is 2.15. The maximum atomic E-state index is 12.4. The van der Waals surface area contributed by atoms with Crippen molar-refractivity contribution in [3.05, 3.63) is 53.6 Å². The monoisotopic (exact) mass is 353 g/mol. The summed E-state index contributed by atoms with van der Waals surface area (Å²) in [5.74, 6) is 1.48. The minimum atomic E-state index is 0.0825. The molecule has 3 rings (SSSR count). The van der Waals surface area contributed by atoms with Crippen molar-refractivity contribution in [1.82, 2.24) is 24.5 Å². The number of benzene rings is 1. The highest BCUT2D eigenvalue weighted by atomic mass is 16.5. The van der Waals surface area contributed by atoms with Gasteiger partial charge in [0.25, 0.3) is 5.78 Å². The van der Waals surface area contributed by atoms with Gasteiger partial charge in [0.1, 0.15) is 18.7 Å². The van der Waals surface area contributed by atoms with Crippen LogP contribution in [-0.2, 0) is 11.2 Å². The smallest absolute Gasteiger partial charge is 0.252 e. The number of carbonyl (C=O) groups is 1. The molecular formula is C19H23N5O2. The first kappa shape index (κ1) is 17.8. The third-order valence-electron chi connectivity index (χ3n) is 4.44. The molecule has 0 atom stereocenters. The normalized spacial score (nSPS) is 10.9. The average molecular weight is 353 g/mol. The van der Waals surface area contributed by atoms with E-state index in [0.717, 1.165) is 22.7 Å². The van der Waals surface area contributed by atoms with E-state index >= 15 is 0 Å². The van der Waals surface area contributed by atoms with E-state index in [0.29, 0.717) is 31.8 Å². The standard InChI is InChI=1S/C19H23N5O2/c1-14-17(15(2)24-19(22-14)20-13-21-24)9-10-18(25)23(3)11-12-26-16-7-5-4-6-8-16/h4-8,13H,9-12H2,1-3H3. The van der Waals surface area contributed by atoms with Crippen LogP contribution in [0.2, 0.25) is 0 Å². The maximum Gasteiger partial charge on any atom is 0.252 e. The van der Waals surface area contributed by atoms with E-state index in [9.17, 15) is 4.79 Å². The zero-order valence-corrected chi connectivity index (χ0v) is 15.3. The van der Waals surface area contributed by atoms with Gasteiger partial charge in [-0.05, 0) is 38.0 Å². The zero-order valence-electron chi connectivity index (χ0n) is 15.3. The molecule has 0 spiro atoms. The summed E-state index contributed by atoms with van der Waals surface area (Å²) in [6.45, 7) is 4.94. The van der Waals surface area contributed by atoms with Gasteiger partial charge in [-0.1, -0.05) is 18.2 Å². The molecule has 0 bridgehead atoms. The van der Waals surface area contributed by atoms with E-state index in [2.05, 4.69) is 15.1 Å². The van der Waals surface area contributed by atoms with Gasteiger partial charge in [0.15, 0.2) is 0 Å². The fraction of sp³-hybridized carbons (Fsp3) is 0.368. The van der Waals surface area contributed by atoms with Crippen molar-refractivity contribution in [2.24, 2.45) is 0 Å². The number of likely N-dealkylation sites (N-methyl/N-ethyl adjacent to an activating group) is 1. The molecule has 0 saturated heterocycles. The highest BCUT2D eigenvalue weighted by molar-refractivity contribution is 5.76. The van der Waals surface area contributed by atoms with Gasteiger partial charge in [-0.2, -0.15) is 10.1 Å². The van der Waals surface area contributed by atoms with Crippen LogP contribution in [0.4, 0.5) is 0 Å². The van der Waals surface area contributed by atoms with E-state index in [1.165, 1.54) is 6.33 Å². The fourth-order valence-corrected chi connectivity index (χ4v) is 2.88. The Morgan fingerprint density at radius 3 is 2.77 bits per heavy atom. The Morgan fingerprint density at radius 1 is 1.23 bits per heavy atom. The van der Waals surface area contributed by atoms with Crippen LogP contribution in [0.25, 0.3) is 5.78 Å². The van der Waals surface area contributed by atoms with Crippen molar-refractivity contribution in [2.75, 3.05) is 20.2 Å². The molecule has 0 aliphatic carbocycles. The van der Waals surface area contributed by atoms with Crippen molar-refractivity contribution in [3.63, 3.8) is 0 Å². The van der Waals surface area contributed by atoms with Crippen LogP contribution in [0.3, 0.4) is 0 Å². The number of carbonyl (C=O) groups excluding carboxylic acids is 1. The van der Waals surface area contributed by atoms with Gasteiger partial charge in [0.2, 0.25) is 5.91 Å². The Hall–Kier alpha value is -2.96. The van der Waals surface area contributed by atoms with Crippen LogP contribution in [0.5, 0.6) is 5.75 Å². The lowest BCUT2D eigenvalue weighted by Gasteiger charge is -2.18. The van der Waals surface area contributed by atoms with Crippen molar-refractivity contribution in [3.8, 4) is 5.75 Å². The topological polar surface area (TPSA) is 72.6 Å². The van der Waals surface area contributed by atoms with Gasteiger partial charge in [0.05, 0.1) is 6.54 Å². The van der Waals surface area contributed by atoms with Crippen LogP contribution < -0.4 is 4.74 Å². The summed E-state index contributed by atoms with van der Waals surface area (Å²) in [6.07, 6.45) is 2.54. The predicted octanol–water partition coefficient (Wildman–Crippen LogP) is 2.21. The van der Waals surface area contributed by atoms with E-state index < -0.39 is 0 Å². The third-order valence-corrected chi connectivity index (χ3v) is 4.44. The molecule has 1 aromatic carbocycles. The van der Waals surface area contributed by atoms with Crippen LogP contribution in [0, 0.1) is 13.8 Å². The number of ether oxygens (including phenoxy) is 1. The predicted molar refractivity (Wildman–Crippen MR) is 98.2 cm³/mol. The van der Waals surface area contributed by atoms with Crippen molar-refractivity contribution in [2.45, 2.75) is 26.7 Å². The second-order valence-electron chi connectivity index (χ2n) is 6.21. The Morgan fingerprint density at radius 2 is 2.00 bits per heavy atom. The number of amides is 1. The summed E-state index contributed by atoms with van der Waals surface area (Å²) in [6, 6.07) is 9.60. The maximum absolute atomic E-state index is 12.4. The number of aryl methyl sites for hydroxylation is 2. The number of rotatable bonds is 7. The van der Waals surface area contributed by atoms with Crippen LogP contribution >= 0.6 is 0 Å². The molecule has 0 aliphatic rings. The molecule has 1 amide bonds. The molecule has 2 aromatic heterocycles. The first-order chi connectivity index (χ1) is 12.6. The van der Waals surface area contributed by atoms with Gasteiger partial charge >= 0.3 is 0 Å².